The molecule has 0 aliphatic rings. The molecule has 0 aromatic carbocycles. The Bertz CT molecular complexity index is 215. The van der Waals surface area contributed by atoms with E-state index in [1.54, 1.807) is 7.05 Å². The van der Waals surface area contributed by atoms with Gasteiger partial charge in [0.25, 0.3) is 0 Å². The summed E-state index contributed by atoms with van der Waals surface area (Å²) >= 11 is 5.30. The Morgan fingerprint density at radius 1 is 1.50 bits per heavy atom. The van der Waals surface area contributed by atoms with Crippen molar-refractivity contribution in [2.45, 2.75) is 32.7 Å². The van der Waals surface area contributed by atoms with Gasteiger partial charge in [-0.3, -0.25) is 0 Å². The molecule has 1 atom stereocenters. The number of halogens is 1. The number of nitrogens with zero attached hydrogens (tertiary/aromatic N) is 1. The molecule has 0 heterocycles. The fraction of sp³-hybridized carbons (Fsp3) is 1.00. The average molecular weight is 214 g/mol. The van der Waals surface area contributed by atoms with Gasteiger partial charge in [0.15, 0.2) is 0 Å². The number of rotatable bonds is 5. The monoisotopic (exact) mass is 213 g/mol. The SMILES string of the molecule is CCCC(C)N(C)S(=O)(=O)CCl. The van der Waals surface area contributed by atoms with Crippen LogP contribution in [0.4, 0.5) is 0 Å². The fourth-order valence-corrected chi connectivity index (χ4v) is 2.22. The summed E-state index contributed by atoms with van der Waals surface area (Å²) in [4.78, 5) is 0. The molecule has 3 nitrogen and oxygen atoms in total. The zero-order valence-electron chi connectivity index (χ0n) is 7.75. The Morgan fingerprint density at radius 3 is 2.33 bits per heavy atom. The topological polar surface area (TPSA) is 37.4 Å². The van der Waals surface area contributed by atoms with Gasteiger partial charge in [0, 0.05) is 13.1 Å². The molecule has 0 fully saturated rings. The third kappa shape index (κ3) is 3.29. The molecule has 0 amide bonds. The molecular weight excluding hydrogens is 198 g/mol. The molecule has 12 heavy (non-hydrogen) atoms. The van der Waals surface area contributed by atoms with E-state index < -0.39 is 10.0 Å². The fourth-order valence-electron chi connectivity index (χ4n) is 0.951. The van der Waals surface area contributed by atoms with Crippen molar-refractivity contribution in [3.05, 3.63) is 0 Å². The summed E-state index contributed by atoms with van der Waals surface area (Å²) in [7, 11) is -1.65. The van der Waals surface area contributed by atoms with E-state index in [1.165, 1.54) is 4.31 Å². The van der Waals surface area contributed by atoms with Crippen molar-refractivity contribution >= 4 is 21.6 Å². The lowest BCUT2D eigenvalue weighted by Crippen LogP contribution is -2.35. The number of hydrogen-bond acceptors (Lipinski definition) is 2. The maximum atomic E-state index is 11.2. The van der Waals surface area contributed by atoms with Crippen LogP contribution in [0.15, 0.2) is 0 Å². The van der Waals surface area contributed by atoms with Crippen LogP contribution in [0.25, 0.3) is 0 Å². The van der Waals surface area contributed by atoms with Crippen LogP contribution in [0.5, 0.6) is 0 Å². The molecule has 0 aromatic heterocycles. The Labute approximate surface area is 79.8 Å². The van der Waals surface area contributed by atoms with Gasteiger partial charge in [0.05, 0.1) is 0 Å². The van der Waals surface area contributed by atoms with E-state index in [4.69, 9.17) is 11.6 Å². The molecule has 0 rings (SSSR count). The second kappa shape index (κ2) is 5.04. The second-order valence-corrected chi connectivity index (χ2v) is 5.49. The van der Waals surface area contributed by atoms with Gasteiger partial charge in [-0.2, -0.15) is 0 Å². The Morgan fingerprint density at radius 2 is 2.00 bits per heavy atom. The normalized spacial score (nSPS) is 15.1. The molecule has 0 bridgehead atoms. The molecule has 0 radical (unpaired) electrons. The minimum absolute atomic E-state index is 0.0405. The van der Waals surface area contributed by atoms with Crippen LogP contribution >= 0.6 is 11.6 Å². The standard InChI is InChI=1S/C7H16ClNO2S/c1-4-5-7(2)9(3)12(10,11)6-8/h7H,4-6H2,1-3H3. The van der Waals surface area contributed by atoms with Gasteiger partial charge in [-0.1, -0.05) is 13.3 Å². The number of sulfonamides is 1. The predicted molar refractivity (Wildman–Crippen MR) is 51.8 cm³/mol. The quantitative estimate of drug-likeness (QED) is 0.652. The molecule has 0 saturated carbocycles. The first kappa shape index (κ1) is 12.2. The van der Waals surface area contributed by atoms with Crippen LogP contribution in [0.3, 0.4) is 0 Å². The third-order valence-corrected chi connectivity index (χ3v) is 4.24. The van der Waals surface area contributed by atoms with Crippen LogP contribution in [-0.2, 0) is 10.0 Å². The van der Waals surface area contributed by atoms with Crippen molar-refractivity contribution in [1.82, 2.24) is 4.31 Å². The summed E-state index contributed by atoms with van der Waals surface area (Å²) in [6, 6.07) is 0.0405. The third-order valence-electron chi connectivity index (χ3n) is 1.90. The van der Waals surface area contributed by atoms with Crippen molar-refractivity contribution in [2.75, 3.05) is 12.3 Å². The molecule has 0 spiro atoms. The lowest BCUT2D eigenvalue weighted by Gasteiger charge is -2.22. The summed E-state index contributed by atoms with van der Waals surface area (Å²) in [5.74, 6) is 0. The smallest absolute Gasteiger partial charge is 0.211 e. The predicted octanol–water partition coefficient (Wildman–Crippen LogP) is 1.63. The molecular formula is C7H16ClNO2S. The van der Waals surface area contributed by atoms with Crippen molar-refractivity contribution < 1.29 is 8.42 Å². The van der Waals surface area contributed by atoms with Crippen LogP contribution < -0.4 is 0 Å². The number of alkyl halides is 1. The largest absolute Gasteiger partial charge is 0.228 e. The van der Waals surface area contributed by atoms with E-state index >= 15 is 0 Å². The number of hydrogen-bond donors (Lipinski definition) is 0. The molecule has 0 aliphatic carbocycles. The molecule has 0 N–H and O–H groups in total. The lowest BCUT2D eigenvalue weighted by molar-refractivity contribution is 0.371. The highest BCUT2D eigenvalue weighted by Crippen LogP contribution is 2.10. The van der Waals surface area contributed by atoms with Crippen LogP contribution in [0.1, 0.15) is 26.7 Å². The highest BCUT2D eigenvalue weighted by molar-refractivity contribution is 7.90. The average Bonchev–Trinajstić information content (AvgIpc) is 2.03. The summed E-state index contributed by atoms with van der Waals surface area (Å²) in [6.07, 6.45) is 1.84. The zero-order valence-corrected chi connectivity index (χ0v) is 9.32. The lowest BCUT2D eigenvalue weighted by atomic mass is 10.2. The van der Waals surface area contributed by atoms with E-state index in [0.717, 1.165) is 12.8 Å². The first-order valence-corrected chi connectivity index (χ1v) is 6.11. The maximum Gasteiger partial charge on any atom is 0.228 e. The highest BCUT2D eigenvalue weighted by Gasteiger charge is 2.20. The molecule has 5 heteroatoms. The van der Waals surface area contributed by atoms with E-state index in [-0.39, 0.29) is 11.3 Å². The van der Waals surface area contributed by atoms with E-state index in [2.05, 4.69) is 0 Å². The maximum absolute atomic E-state index is 11.2. The minimum atomic E-state index is -3.22. The van der Waals surface area contributed by atoms with Gasteiger partial charge in [0.2, 0.25) is 10.0 Å². The highest BCUT2D eigenvalue weighted by atomic mass is 35.5. The summed E-state index contributed by atoms with van der Waals surface area (Å²) in [5, 5.41) is -0.336. The molecule has 74 valence electrons. The van der Waals surface area contributed by atoms with Crippen molar-refractivity contribution in [2.24, 2.45) is 0 Å². The van der Waals surface area contributed by atoms with E-state index in [9.17, 15) is 8.42 Å². The minimum Gasteiger partial charge on any atom is -0.211 e. The van der Waals surface area contributed by atoms with Crippen LogP contribution in [0, 0.1) is 0 Å². The van der Waals surface area contributed by atoms with Crippen LogP contribution in [-0.4, -0.2) is 31.0 Å². The summed E-state index contributed by atoms with van der Waals surface area (Å²) < 4.78 is 23.8. The van der Waals surface area contributed by atoms with Gasteiger partial charge in [-0.25, -0.2) is 12.7 Å². The van der Waals surface area contributed by atoms with E-state index in [1.807, 2.05) is 13.8 Å². The first-order valence-electron chi connectivity index (χ1n) is 3.97. The second-order valence-electron chi connectivity index (χ2n) is 2.87. The molecule has 0 aromatic rings. The summed E-state index contributed by atoms with van der Waals surface area (Å²) in [5.41, 5.74) is 0. The van der Waals surface area contributed by atoms with Crippen molar-refractivity contribution in [1.29, 1.82) is 0 Å². The van der Waals surface area contributed by atoms with Crippen molar-refractivity contribution in [3.8, 4) is 0 Å². The Balaban J connectivity index is 4.28. The van der Waals surface area contributed by atoms with Gasteiger partial charge in [0.1, 0.15) is 5.21 Å². The molecule has 1 unspecified atom stereocenters. The Kier molecular flexibility index (Phi) is 5.13. The summed E-state index contributed by atoms with van der Waals surface area (Å²) in [6.45, 7) is 3.91. The Hall–Kier alpha value is 0.200. The van der Waals surface area contributed by atoms with Crippen molar-refractivity contribution in [3.63, 3.8) is 0 Å². The van der Waals surface area contributed by atoms with Gasteiger partial charge >= 0.3 is 0 Å². The molecule has 0 aliphatic heterocycles. The first-order chi connectivity index (χ1) is 5.45. The van der Waals surface area contributed by atoms with Crippen LogP contribution in [0.2, 0.25) is 0 Å². The zero-order chi connectivity index (χ0) is 9.78. The van der Waals surface area contributed by atoms with E-state index in [0.29, 0.717) is 0 Å². The molecule has 0 saturated heterocycles. The van der Waals surface area contributed by atoms with Gasteiger partial charge in [-0.15, -0.1) is 11.6 Å². The van der Waals surface area contributed by atoms with Gasteiger partial charge < -0.3 is 0 Å². The van der Waals surface area contributed by atoms with Gasteiger partial charge in [-0.05, 0) is 13.3 Å².